The summed E-state index contributed by atoms with van der Waals surface area (Å²) in [5.74, 6) is -0.185. The first-order chi connectivity index (χ1) is 12.9. The molecule has 0 saturated carbocycles. The van der Waals surface area contributed by atoms with Crippen molar-refractivity contribution < 1.29 is 13.2 Å². The van der Waals surface area contributed by atoms with Gasteiger partial charge in [-0.25, -0.2) is 8.42 Å². The molecule has 1 heterocycles. The van der Waals surface area contributed by atoms with Crippen molar-refractivity contribution in [2.75, 3.05) is 0 Å². The molecule has 3 aromatic carbocycles. The maximum Gasteiger partial charge on any atom is 0.261 e. The Morgan fingerprint density at radius 2 is 1.52 bits per heavy atom. The normalized spacial score (nSPS) is 13.7. The van der Waals surface area contributed by atoms with E-state index in [2.05, 4.69) is 0 Å². The highest BCUT2D eigenvalue weighted by Crippen LogP contribution is 2.36. The largest absolute Gasteiger partial charge is 0.330 e. The number of amides is 1. The summed E-state index contributed by atoms with van der Waals surface area (Å²) in [6, 6.07) is 22.0. The molecule has 4 nitrogen and oxygen atoms in total. The van der Waals surface area contributed by atoms with Crippen LogP contribution in [0.1, 0.15) is 21.5 Å². The van der Waals surface area contributed by atoms with Gasteiger partial charge in [0.05, 0.1) is 4.90 Å². The van der Waals surface area contributed by atoms with Crippen LogP contribution in [0.5, 0.6) is 0 Å². The van der Waals surface area contributed by atoms with Crippen LogP contribution in [0.4, 0.5) is 0 Å². The lowest BCUT2D eigenvalue weighted by molar-refractivity contribution is 0.0766. The van der Waals surface area contributed by atoms with Crippen LogP contribution >= 0.6 is 10.7 Å². The van der Waals surface area contributed by atoms with Crippen LogP contribution in [0, 0.1) is 0 Å². The van der Waals surface area contributed by atoms with Crippen LogP contribution in [-0.2, 0) is 22.1 Å². The van der Waals surface area contributed by atoms with E-state index in [4.69, 9.17) is 10.7 Å². The average molecular weight is 398 g/mol. The fraction of sp³-hybridized carbons (Fsp3) is 0.0952. The SMILES string of the molecule is O=C1c2cc(S(=O)(=O)Cl)c(-c3ccccc3)cc2CN1Cc1ccccc1. The molecular formula is C21H16ClNO3S. The molecule has 1 aliphatic rings. The Balaban J connectivity index is 1.78. The number of hydrogen-bond donors (Lipinski definition) is 0. The topological polar surface area (TPSA) is 54.5 Å². The van der Waals surface area contributed by atoms with Crippen molar-refractivity contribution >= 4 is 25.6 Å². The number of hydrogen-bond acceptors (Lipinski definition) is 3. The number of fused-ring (bicyclic) bond motifs is 1. The third kappa shape index (κ3) is 3.48. The number of carbonyl (C=O) groups is 1. The maximum absolute atomic E-state index is 12.8. The predicted molar refractivity (Wildman–Crippen MR) is 105 cm³/mol. The Bertz CT molecular complexity index is 1110. The van der Waals surface area contributed by atoms with Crippen molar-refractivity contribution in [3.05, 3.63) is 89.5 Å². The molecule has 0 saturated heterocycles. The lowest BCUT2D eigenvalue weighted by Crippen LogP contribution is -2.23. The molecule has 0 bridgehead atoms. The summed E-state index contributed by atoms with van der Waals surface area (Å²) in [5, 5.41) is 0. The second-order valence-corrected chi connectivity index (χ2v) is 8.99. The summed E-state index contributed by atoms with van der Waals surface area (Å²) >= 11 is 0. The smallest absolute Gasteiger partial charge is 0.261 e. The van der Waals surface area contributed by atoms with Gasteiger partial charge in [0.15, 0.2) is 0 Å². The monoisotopic (exact) mass is 397 g/mol. The van der Waals surface area contributed by atoms with Crippen LogP contribution in [0.15, 0.2) is 77.7 Å². The standard InChI is InChI=1S/C21H16ClNO3S/c22-27(25,26)20-12-19-17(11-18(20)16-9-5-2-6-10-16)14-23(21(19)24)13-15-7-3-1-4-8-15/h1-12H,13-14H2. The Labute approximate surface area is 162 Å². The molecular weight excluding hydrogens is 382 g/mol. The van der Waals surface area contributed by atoms with Gasteiger partial charge < -0.3 is 4.90 Å². The van der Waals surface area contributed by atoms with Crippen LogP contribution in [-0.4, -0.2) is 19.2 Å². The minimum Gasteiger partial charge on any atom is -0.330 e. The molecule has 0 spiro atoms. The lowest BCUT2D eigenvalue weighted by atomic mass is 10.0. The second-order valence-electron chi connectivity index (χ2n) is 6.46. The van der Waals surface area contributed by atoms with Gasteiger partial charge in [-0.2, -0.15) is 0 Å². The zero-order valence-electron chi connectivity index (χ0n) is 14.3. The molecule has 0 radical (unpaired) electrons. The predicted octanol–water partition coefficient (Wildman–Crippen LogP) is 4.44. The van der Waals surface area contributed by atoms with Gasteiger partial charge in [0.25, 0.3) is 15.0 Å². The first-order valence-corrected chi connectivity index (χ1v) is 10.7. The minimum absolute atomic E-state index is 0.0379. The van der Waals surface area contributed by atoms with E-state index in [1.165, 1.54) is 6.07 Å². The number of halogens is 1. The van der Waals surface area contributed by atoms with Gasteiger partial charge in [0.2, 0.25) is 0 Å². The fourth-order valence-corrected chi connectivity index (χ4v) is 4.46. The zero-order valence-corrected chi connectivity index (χ0v) is 15.9. The Kier molecular flexibility index (Phi) is 4.50. The van der Waals surface area contributed by atoms with Crippen molar-refractivity contribution in [3.8, 4) is 11.1 Å². The molecule has 0 fully saturated rings. The molecule has 0 unspecified atom stereocenters. The van der Waals surface area contributed by atoms with Crippen molar-refractivity contribution in [1.82, 2.24) is 4.90 Å². The highest BCUT2D eigenvalue weighted by atomic mass is 35.7. The molecule has 0 N–H and O–H groups in total. The second kappa shape index (κ2) is 6.83. The molecule has 4 rings (SSSR count). The Hall–Kier alpha value is -2.63. The molecule has 0 atom stereocenters. The Morgan fingerprint density at radius 1 is 0.889 bits per heavy atom. The maximum atomic E-state index is 12.8. The van der Waals surface area contributed by atoms with Gasteiger partial charge in [0, 0.05) is 34.9 Å². The average Bonchev–Trinajstić information content (AvgIpc) is 2.97. The van der Waals surface area contributed by atoms with Gasteiger partial charge >= 0.3 is 0 Å². The molecule has 1 aliphatic heterocycles. The van der Waals surface area contributed by atoms with Gasteiger partial charge in [0.1, 0.15) is 0 Å². The fourth-order valence-electron chi connectivity index (χ4n) is 3.38. The van der Waals surface area contributed by atoms with E-state index in [9.17, 15) is 13.2 Å². The lowest BCUT2D eigenvalue weighted by Gasteiger charge is -2.15. The third-order valence-electron chi connectivity index (χ3n) is 4.65. The molecule has 0 aromatic heterocycles. The summed E-state index contributed by atoms with van der Waals surface area (Å²) in [7, 11) is 1.67. The van der Waals surface area contributed by atoms with E-state index in [0.717, 1.165) is 16.7 Å². The van der Waals surface area contributed by atoms with E-state index in [1.807, 2.05) is 60.7 Å². The first-order valence-electron chi connectivity index (χ1n) is 8.44. The van der Waals surface area contributed by atoms with E-state index >= 15 is 0 Å². The highest BCUT2D eigenvalue weighted by molar-refractivity contribution is 8.13. The quantitative estimate of drug-likeness (QED) is 0.611. The van der Waals surface area contributed by atoms with Gasteiger partial charge in [-0.3, -0.25) is 4.79 Å². The number of nitrogens with zero attached hydrogens (tertiary/aromatic N) is 1. The van der Waals surface area contributed by atoms with E-state index in [1.54, 1.807) is 11.0 Å². The molecule has 136 valence electrons. The summed E-state index contributed by atoms with van der Waals surface area (Å²) in [6.07, 6.45) is 0. The number of carbonyl (C=O) groups excluding carboxylic acids is 1. The summed E-state index contributed by atoms with van der Waals surface area (Å²) in [6.45, 7) is 0.906. The van der Waals surface area contributed by atoms with Crippen molar-refractivity contribution in [1.29, 1.82) is 0 Å². The number of rotatable bonds is 4. The van der Waals surface area contributed by atoms with Crippen molar-refractivity contribution in [2.24, 2.45) is 0 Å². The molecule has 0 aliphatic carbocycles. The molecule has 6 heteroatoms. The van der Waals surface area contributed by atoms with Crippen molar-refractivity contribution in [3.63, 3.8) is 0 Å². The minimum atomic E-state index is -4.00. The van der Waals surface area contributed by atoms with Crippen LogP contribution < -0.4 is 0 Å². The summed E-state index contributed by atoms with van der Waals surface area (Å²) in [4.78, 5) is 14.5. The summed E-state index contributed by atoms with van der Waals surface area (Å²) in [5.41, 5.74) is 3.48. The van der Waals surface area contributed by atoms with Crippen molar-refractivity contribution in [2.45, 2.75) is 18.0 Å². The van der Waals surface area contributed by atoms with Crippen LogP contribution in [0.2, 0.25) is 0 Å². The van der Waals surface area contributed by atoms with E-state index in [-0.39, 0.29) is 10.8 Å². The van der Waals surface area contributed by atoms with E-state index in [0.29, 0.717) is 24.2 Å². The Morgan fingerprint density at radius 3 is 2.15 bits per heavy atom. The van der Waals surface area contributed by atoms with E-state index < -0.39 is 9.05 Å². The molecule has 27 heavy (non-hydrogen) atoms. The summed E-state index contributed by atoms with van der Waals surface area (Å²) < 4.78 is 24.3. The first kappa shape index (κ1) is 17.8. The van der Waals surface area contributed by atoms with Gasteiger partial charge in [-0.05, 0) is 28.8 Å². The zero-order chi connectivity index (χ0) is 19.0. The molecule has 3 aromatic rings. The van der Waals surface area contributed by atoms with Gasteiger partial charge in [-0.15, -0.1) is 0 Å². The van der Waals surface area contributed by atoms with Crippen LogP contribution in [0.25, 0.3) is 11.1 Å². The number of benzene rings is 3. The third-order valence-corrected chi connectivity index (χ3v) is 6.01. The van der Waals surface area contributed by atoms with Crippen LogP contribution in [0.3, 0.4) is 0 Å². The van der Waals surface area contributed by atoms with Gasteiger partial charge in [-0.1, -0.05) is 60.7 Å². The highest BCUT2D eigenvalue weighted by Gasteiger charge is 2.31. The molecule has 1 amide bonds.